The predicted molar refractivity (Wildman–Crippen MR) is 183 cm³/mol. The van der Waals surface area contributed by atoms with Crippen LogP contribution in [0.25, 0.3) is 0 Å². The highest BCUT2D eigenvalue weighted by Crippen LogP contribution is 2.14. The fourth-order valence-corrected chi connectivity index (χ4v) is 5.56. The quantitative estimate of drug-likeness (QED) is 0.0433. The molecule has 0 bridgehead atoms. The van der Waals surface area contributed by atoms with Gasteiger partial charge in [-0.2, -0.15) is 0 Å². The molecule has 2 unspecified atom stereocenters. The number of hydrogen-bond acceptors (Lipinski definition) is 6. The molecule has 0 aromatic carbocycles. The predicted octanol–water partition coefficient (Wildman–Crippen LogP) is 9.02. The Kier molecular flexibility index (Phi) is 28.6. The van der Waals surface area contributed by atoms with Gasteiger partial charge in [-0.1, -0.05) is 136 Å². The Balaban J connectivity index is 4.42. The molecule has 0 rings (SSSR count). The van der Waals surface area contributed by atoms with Gasteiger partial charge in [0.2, 0.25) is 0 Å². The fourth-order valence-electron chi connectivity index (χ4n) is 5.56. The number of carboxylic acid groups (broad SMARTS) is 1. The molecule has 266 valence electrons. The second-order valence-electron chi connectivity index (χ2n) is 13.8. The number of esters is 2. The zero-order valence-corrected chi connectivity index (χ0v) is 30.1. The van der Waals surface area contributed by atoms with Crippen molar-refractivity contribution in [3.8, 4) is 0 Å². The molecule has 0 aliphatic heterocycles. The van der Waals surface area contributed by atoms with Gasteiger partial charge in [0, 0.05) is 19.3 Å². The summed E-state index contributed by atoms with van der Waals surface area (Å²) >= 11 is 0. The first-order valence-electron chi connectivity index (χ1n) is 18.6. The Labute approximate surface area is 276 Å². The van der Waals surface area contributed by atoms with Crippen LogP contribution in [0.15, 0.2) is 0 Å². The van der Waals surface area contributed by atoms with Gasteiger partial charge in [-0.3, -0.25) is 9.59 Å². The number of ether oxygens (including phenoxy) is 3. The van der Waals surface area contributed by atoms with Crippen LogP contribution in [0.1, 0.15) is 168 Å². The van der Waals surface area contributed by atoms with Crippen LogP contribution in [-0.4, -0.2) is 80.6 Å². The largest absolute Gasteiger partial charge is 0.477 e. The van der Waals surface area contributed by atoms with Crippen LogP contribution in [0.4, 0.5) is 0 Å². The summed E-state index contributed by atoms with van der Waals surface area (Å²) in [4.78, 5) is 36.6. The van der Waals surface area contributed by atoms with E-state index >= 15 is 0 Å². The van der Waals surface area contributed by atoms with Crippen LogP contribution >= 0.6 is 0 Å². The summed E-state index contributed by atoms with van der Waals surface area (Å²) in [5, 5.41) is 9.56. The van der Waals surface area contributed by atoms with E-state index in [1.165, 1.54) is 96.3 Å². The van der Waals surface area contributed by atoms with E-state index in [1.54, 1.807) is 0 Å². The third kappa shape index (κ3) is 28.3. The molecule has 0 saturated heterocycles. The van der Waals surface area contributed by atoms with Crippen molar-refractivity contribution >= 4 is 17.9 Å². The van der Waals surface area contributed by atoms with Gasteiger partial charge in [-0.25, -0.2) is 4.79 Å². The Bertz CT molecular complexity index is 722. The smallest absolute Gasteiger partial charge is 0.362 e. The molecular weight excluding hydrogens is 570 g/mol. The number of rotatable bonds is 33. The van der Waals surface area contributed by atoms with Gasteiger partial charge >= 0.3 is 17.9 Å². The topological polar surface area (TPSA) is 99.1 Å². The third-order valence-corrected chi connectivity index (χ3v) is 8.51. The summed E-state index contributed by atoms with van der Waals surface area (Å²) in [6.45, 7) is 4.72. The van der Waals surface area contributed by atoms with Gasteiger partial charge in [-0.05, 0) is 12.8 Å². The number of unbranched alkanes of at least 4 members (excludes halogenated alkanes) is 19. The molecule has 45 heavy (non-hydrogen) atoms. The Morgan fingerprint density at radius 2 is 0.978 bits per heavy atom. The van der Waals surface area contributed by atoms with Crippen LogP contribution in [-0.2, 0) is 28.6 Å². The maximum atomic E-state index is 12.6. The minimum atomic E-state index is -0.873. The number of quaternary nitrogens is 1. The zero-order valence-electron chi connectivity index (χ0n) is 30.1. The molecule has 0 radical (unpaired) electrons. The normalized spacial score (nSPS) is 13.0. The number of carbonyl (C=O) groups is 3. The van der Waals surface area contributed by atoms with Gasteiger partial charge < -0.3 is 23.8 Å². The Morgan fingerprint density at radius 1 is 0.578 bits per heavy atom. The summed E-state index contributed by atoms with van der Waals surface area (Å²) in [6, 6.07) is -0.606. The second-order valence-corrected chi connectivity index (χ2v) is 13.8. The molecular formula is C37H72NO7+. The SMILES string of the molecule is CCCCCCCCCCCCCC(=O)OCC(COCCC(C(=O)O)[N+](C)(C)C)OC(=O)CCCCCCCCCCCC. The maximum absolute atomic E-state index is 12.6. The summed E-state index contributed by atoms with van der Waals surface area (Å²) < 4.78 is 17.2. The van der Waals surface area contributed by atoms with Crippen LogP contribution < -0.4 is 0 Å². The highest BCUT2D eigenvalue weighted by atomic mass is 16.6. The van der Waals surface area contributed by atoms with Gasteiger partial charge in [0.1, 0.15) is 6.61 Å². The van der Waals surface area contributed by atoms with Gasteiger partial charge in [0.15, 0.2) is 12.1 Å². The molecule has 0 spiro atoms. The Morgan fingerprint density at radius 3 is 1.38 bits per heavy atom. The molecule has 0 aromatic heterocycles. The van der Waals surface area contributed by atoms with Gasteiger partial charge in [0.25, 0.3) is 0 Å². The fraction of sp³-hybridized carbons (Fsp3) is 0.919. The molecule has 0 saturated carbocycles. The molecule has 0 aliphatic rings. The monoisotopic (exact) mass is 643 g/mol. The van der Waals surface area contributed by atoms with Crippen LogP contribution in [0, 0.1) is 0 Å². The number of carboxylic acids is 1. The van der Waals surface area contributed by atoms with E-state index in [4.69, 9.17) is 14.2 Å². The molecule has 0 amide bonds. The van der Waals surface area contributed by atoms with Crippen molar-refractivity contribution < 1.29 is 38.2 Å². The van der Waals surface area contributed by atoms with Crippen molar-refractivity contribution in [3.63, 3.8) is 0 Å². The zero-order chi connectivity index (χ0) is 33.6. The lowest BCUT2D eigenvalue weighted by molar-refractivity contribution is -0.887. The van der Waals surface area contributed by atoms with Crippen LogP contribution in [0.5, 0.6) is 0 Å². The van der Waals surface area contributed by atoms with Crippen molar-refractivity contribution in [1.82, 2.24) is 0 Å². The lowest BCUT2D eigenvalue weighted by atomic mass is 10.1. The van der Waals surface area contributed by atoms with Gasteiger partial charge in [0.05, 0.1) is 34.4 Å². The standard InChI is InChI=1S/C37H71NO7/c1-6-8-10-12-14-16-18-20-21-23-25-27-35(39)44-32-33(31-43-30-29-34(37(41)42)38(3,4)5)45-36(40)28-26-24-22-19-17-15-13-11-9-7-2/h33-34H,6-32H2,1-5H3/p+1. The number of aliphatic carboxylic acids is 1. The first-order chi connectivity index (χ1) is 21.6. The van der Waals surface area contributed by atoms with E-state index in [1.807, 2.05) is 21.1 Å². The number of hydrogen-bond donors (Lipinski definition) is 1. The minimum Gasteiger partial charge on any atom is -0.477 e. The average Bonchev–Trinajstić information content (AvgIpc) is 2.98. The van der Waals surface area contributed by atoms with Crippen molar-refractivity contribution in [2.24, 2.45) is 0 Å². The average molecular weight is 643 g/mol. The minimum absolute atomic E-state index is 0.0433. The Hall–Kier alpha value is -1.67. The van der Waals surface area contributed by atoms with E-state index in [0.717, 1.165) is 38.5 Å². The summed E-state index contributed by atoms with van der Waals surface area (Å²) in [6.07, 6.45) is 25.6. The highest BCUT2D eigenvalue weighted by Gasteiger charge is 2.31. The van der Waals surface area contributed by atoms with Gasteiger partial charge in [-0.15, -0.1) is 0 Å². The number of likely N-dealkylation sites (N-methyl/N-ethyl adjacent to an activating group) is 1. The lowest BCUT2D eigenvalue weighted by Crippen LogP contribution is -2.50. The molecule has 0 aliphatic carbocycles. The number of carbonyl (C=O) groups excluding carboxylic acids is 2. The van der Waals surface area contributed by atoms with Crippen LogP contribution in [0.2, 0.25) is 0 Å². The first-order valence-corrected chi connectivity index (χ1v) is 18.6. The van der Waals surface area contributed by atoms with Crippen LogP contribution in [0.3, 0.4) is 0 Å². The summed E-state index contributed by atoms with van der Waals surface area (Å²) in [5.74, 6) is -1.46. The lowest BCUT2D eigenvalue weighted by Gasteiger charge is -2.31. The van der Waals surface area contributed by atoms with E-state index in [2.05, 4.69) is 13.8 Å². The molecule has 0 fully saturated rings. The van der Waals surface area contributed by atoms with Crippen molar-refractivity contribution in [2.45, 2.75) is 180 Å². The van der Waals surface area contributed by atoms with Crippen molar-refractivity contribution in [3.05, 3.63) is 0 Å². The molecule has 1 N–H and O–H groups in total. The highest BCUT2D eigenvalue weighted by molar-refractivity contribution is 5.72. The third-order valence-electron chi connectivity index (χ3n) is 8.51. The van der Waals surface area contributed by atoms with E-state index in [0.29, 0.717) is 19.3 Å². The second kappa shape index (κ2) is 29.7. The molecule has 8 heteroatoms. The van der Waals surface area contributed by atoms with E-state index in [-0.39, 0.29) is 36.2 Å². The van der Waals surface area contributed by atoms with E-state index in [9.17, 15) is 19.5 Å². The number of nitrogens with zero attached hydrogens (tertiary/aromatic N) is 1. The molecule has 8 nitrogen and oxygen atoms in total. The summed E-state index contributed by atoms with van der Waals surface area (Å²) in [7, 11) is 5.52. The maximum Gasteiger partial charge on any atom is 0.362 e. The summed E-state index contributed by atoms with van der Waals surface area (Å²) in [5.41, 5.74) is 0. The molecule has 0 aromatic rings. The van der Waals surface area contributed by atoms with E-state index < -0.39 is 18.1 Å². The molecule has 2 atom stereocenters. The first kappa shape index (κ1) is 43.3. The van der Waals surface area contributed by atoms with Crippen molar-refractivity contribution in [1.29, 1.82) is 0 Å². The molecule has 0 heterocycles. The van der Waals surface area contributed by atoms with Crippen molar-refractivity contribution in [2.75, 3.05) is 41.0 Å².